The van der Waals surface area contributed by atoms with Crippen molar-refractivity contribution in [2.45, 2.75) is 57.8 Å². The highest BCUT2D eigenvalue weighted by molar-refractivity contribution is 5.86. The second-order valence-electron chi connectivity index (χ2n) is 13.9. The van der Waals surface area contributed by atoms with Crippen LogP contribution in [0.4, 0.5) is 0 Å². The van der Waals surface area contributed by atoms with E-state index >= 15 is 0 Å². The van der Waals surface area contributed by atoms with Crippen molar-refractivity contribution in [3.63, 3.8) is 0 Å². The highest BCUT2D eigenvalue weighted by Crippen LogP contribution is 2.49. The molecule has 3 atom stereocenters. The summed E-state index contributed by atoms with van der Waals surface area (Å²) in [5, 5.41) is 2.08. The van der Waals surface area contributed by atoms with Gasteiger partial charge in [0.05, 0.1) is 0 Å². The molecule has 4 aromatic carbocycles. The smallest absolute Gasteiger partial charge is 0.164 e. The molecule has 7 aromatic rings. The van der Waals surface area contributed by atoms with Crippen molar-refractivity contribution < 1.29 is 4.42 Å². The van der Waals surface area contributed by atoms with Crippen molar-refractivity contribution in [3.8, 4) is 22.8 Å². The maximum Gasteiger partial charge on any atom is 0.164 e. The van der Waals surface area contributed by atoms with E-state index in [0.717, 1.165) is 57.0 Å². The molecule has 3 aromatic heterocycles. The Morgan fingerprint density at radius 3 is 1.96 bits per heavy atom. The van der Waals surface area contributed by atoms with Crippen molar-refractivity contribution >= 4 is 28.7 Å². The predicted octanol–water partition coefficient (Wildman–Crippen LogP) is 10.1. The maximum atomic E-state index is 6.26. The van der Waals surface area contributed by atoms with Crippen molar-refractivity contribution in [3.05, 3.63) is 172 Å². The number of fused-ring (bicyclic) bond motifs is 1. The van der Waals surface area contributed by atoms with Crippen LogP contribution in [-0.4, -0.2) is 19.9 Å². The number of hydrogen-bond acceptors (Lipinski definition) is 5. The molecule has 1 saturated carbocycles. The molecule has 0 radical (unpaired) electrons. The van der Waals surface area contributed by atoms with Crippen LogP contribution in [0.2, 0.25) is 0 Å². The lowest BCUT2D eigenvalue weighted by molar-refractivity contribution is 0.347. The summed E-state index contributed by atoms with van der Waals surface area (Å²) in [6.07, 6.45) is 7.43. The molecule has 0 N–H and O–H groups in total. The van der Waals surface area contributed by atoms with Gasteiger partial charge in [-0.3, -0.25) is 4.98 Å². The summed E-state index contributed by atoms with van der Waals surface area (Å²) in [4.78, 5) is 19.6. The van der Waals surface area contributed by atoms with E-state index in [9.17, 15) is 0 Å². The Kier molecular flexibility index (Phi) is 9.17. The number of nitrogens with zero attached hydrogens (tertiary/aromatic N) is 4. The van der Waals surface area contributed by atoms with Gasteiger partial charge in [-0.1, -0.05) is 116 Å². The third-order valence-electron chi connectivity index (χ3n) is 10.5. The zero-order valence-electron chi connectivity index (χ0n) is 30.0. The predicted molar refractivity (Wildman–Crippen MR) is 212 cm³/mol. The summed E-state index contributed by atoms with van der Waals surface area (Å²) in [6, 6.07) is 43.1. The van der Waals surface area contributed by atoms with E-state index in [4.69, 9.17) is 19.4 Å². The standard InChI is InChI=1S/C47H42N4O/c1-5-39-41-18-12-13-19-43(41)52-44(39)26-30(2)45-49-46(51-47(50-45)38-27-31(3)48-32(4)28-38)36-22-20-35(21-23-36)40-25-24-37(33-14-8-6-9-15-33)29-42(40)34-16-10-7-11-17-34/h5-23,26-28,37,40,42H,2,24-25,29H2,1,3-4H3/b39-5-,44-26+. The number of allylic oxidation sites excluding steroid dienone is 1. The fourth-order valence-electron chi connectivity index (χ4n) is 8.00. The van der Waals surface area contributed by atoms with E-state index in [1.165, 1.54) is 23.1 Å². The van der Waals surface area contributed by atoms with Gasteiger partial charge in [0.15, 0.2) is 17.5 Å². The van der Waals surface area contributed by atoms with Crippen LogP contribution in [0.25, 0.3) is 51.5 Å². The van der Waals surface area contributed by atoms with Gasteiger partial charge in [-0.15, -0.1) is 0 Å². The second-order valence-corrected chi connectivity index (χ2v) is 13.9. The summed E-state index contributed by atoms with van der Waals surface area (Å²) < 4.78 is 6.26. The largest absolute Gasteiger partial charge is 0.456 e. The second kappa shape index (κ2) is 14.4. The Hall–Kier alpha value is -5.94. The lowest BCUT2D eigenvalue weighted by atomic mass is 9.67. The third-order valence-corrected chi connectivity index (χ3v) is 10.5. The van der Waals surface area contributed by atoms with Crippen LogP contribution < -0.4 is 10.6 Å². The molecule has 3 heterocycles. The molecule has 0 spiro atoms. The highest BCUT2D eigenvalue weighted by atomic mass is 16.3. The molecule has 1 aliphatic carbocycles. The summed E-state index contributed by atoms with van der Waals surface area (Å²) in [5.41, 5.74) is 10.1. The molecule has 3 unspecified atom stereocenters. The van der Waals surface area contributed by atoms with Gasteiger partial charge >= 0.3 is 0 Å². The summed E-state index contributed by atoms with van der Waals surface area (Å²) >= 11 is 0. The quantitative estimate of drug-likeness (QED) is 0.168. The molecule has 1 aliphatic rings. The van der Waals surface area contributed by atoms with Crippen LogP contribution in [-0.2, 0) is 0 Å². The lowest BCUT2D eigenvalue weighted by Crippen LogP contribution is -2.21. The minimum absolute atomic E-state index is 0.423. The van der Waals surface area contributed by atoms with Crippen molar-refractivity contribution in [1.82, 2.24) is 19.9 Å². The maximum absolute atomic E-state index is 6.26. The number of para-hydroxylation sites is 1. The van der Waals surface area contributed by atoms with Gasteiger partial charge in [0.1, 0.15) is 11.0 Å². The average Bonchev–Trinajstić information content (AvgIpc) is 3.54. The van der Waals surface area contributed by atoms with Gasteiger partial charge in [-0.2, -0.15) is 0 Å². The number of hydrogen-bond donors (Lipinski definition) is 0. The third kappa shape index (κ3) is 6.74. The first kappa shape index (κ1) is 33.2. The van der Waals surface area contributed by atoms with Crippen LogP contribution in [0.3, 0.4) is 0 Å². The zero-order valence-corrected chi connectivity index (χ0v) is 30.0. The molecule has 256 valence electrons. The Labute approximate surface area is 305 Å². The summed E-state index contributed by atoms with van der Waals surface area (Å²) in [7, 11) is 0. The van der Waals surface area contributed by atoms with Gasteiger partial charge in [0.2, 0.25) is 0 Å². The molecule has 5 nitrogen and oxygen atoms in total. The van der Waals surface area contributed by atoms with E-state index in [2.05, 4.69) is 109 Å². The number of pyridine rings is 1. The zero-order chi connectivity index (χ0) is 35.6. The summed E-state index contributed by atoms with van der Waals surface area (Å²) in [6.45, 7) is 10.4. The number of aromatic nitrogens is 4. The fourth-order valence-corrected chi connectivity index (χ4v) is 8.00. The molecule has 5 heteroatoms. The number of aryl methyl sites for hydroxylation is 2. The van der Waals surface area contributed by atoms with E-state index in [0.29, 0.717) is 40.8 Å². The van der Waals surface area contributed by atoms with E-state index < -0.39 is 0 Å². The molecule has 0 saturated heterocycles. The van der Waals surface area contributed by atoms with Gasteiger partial charge in [-0.25, -0.2) is 15.0 Å². The van der Waals surface area contributed by atoms with Gasteiger partial charge in [-0.05, 0) is 98.8 Å². The van der Waals surface area contributed by atoms with E-state index in [1.807, 2.05) is 57.2 Å². The van der Waals surface area contributed by atoms with Crippen LogP contribution >= 0.6 is 0 Å². The highest BCUT2D eigenvalue weighted by Gasteiger charge is 2.33. The molecular weight excluding hydrogens is 637 g/mol. The number of furan rings is 1. The van der Waals surface area contributed by atoms with Crippen LogP contribution in [0.5, 0.6) is 0 Å². The molecule has 52 heavy (non-hydrogen) atoms. The minimum atomic E-state index is 0.423. The topological polar surface area (TPSA) is 64.7 Å². The first-order chi connectivity index (χ1) is 25.4. The Bertz CT molecular complexity index is 2480. The molecule has 0 aliphatic heterocycles. The fraction of sp³-hybridized carbons (Fsp3) is 0.191. The van der Waals surface area contributed by atoms with Crippen molar-refractivity contribution in [2.75, 3.05) is 0 Å². The number of benzene rings is 4. The monoisotopic (exact) mass is 678 g/mol. The molecule has 8 rings (SSSR count). The van der Waals surface area contributed by atoms with E-state index in [-0.39, 0.29) is 0 Å². The Balaban J connectivity index is 1.17. The Morgan fingerprint density at radius 2 is 1.27 bits per heavy atom. The van der Waals surface area contributed by atoms with Crippen molar-refractivity contribution in [1.29, 1.82) is 0 Å². The van der Waals surface area contributed by atoms with E-state index in [1.54, 1.807) is 0 Å². The first-order valence-electron chi connectivity index (χ1n) is 18.2. The van der Waals surface area contributed by atoms with Gasteiger partial charge in [0.25, 0.3) is 0 Å². The normalized spacial score (nSPS) is 18.2. The lowest BCUT2D eigenvalue weighted by Gasteiger charge is -2.37. The first-order valence-corrected chi connectivity index (χ1v) is 18.2. The van der Waals surface area contributed by atoms with Crippen LogP contribution in [0.1, 0.15) is 77.8 Å². The van der Waals surface area contributed by atoms with Gasteiger partial charge in [0, 0.05) is 38.7 Å². The number of rotatable bonds is 7. The Morgan fingerprint density at radius 1 is 0.654 bits per heavy atom. The molecule has 1 fully saturated rings. The minimum Gasteiger partial charge on any atom is -0.456 e. The van der Waals surface area contributed by atoms with Gasteiger partial charge < -0.3 is 4.42 Å². The van der Waals surface area contributed by atoms with Crippen LogP contribution in [0, 0.1) is 13.8 Å². The molecule has 0 bridgehead atoms. The van der Waals surface area contributed by atoms with Crippen molar-refractivity contribution in [2.24, 2.45) is 0 Å². The average molecular weight is 679 g/mol. The SMILES string of the molecule is C=C(/C=c1/oc2ccccc2/c1=C/C)c1nc(-c2ccc(C3CCC(c4ccccc4)CC3c3ccccc3)cc2)nc(-c2cc(C)nc(C)c2)n1. The summed E-state index contributed by atoms with van der Waals surface area (Å²) in [5.74, 6) is 3.10. The van der Waals surface area contributed by atoms with Crippen LogP contribution in [0.15, 0.2) is 132 Å². The molecular formula is C47H42N4O. The molecule has 0 amide bonds.